The molecular weight excluding hydrogens is 397 g/mol. The fourth-order valence-electron chi connectivity index (χ4n) is 2.34. The van der Waals surface area contributed by atoms with Crippen LogP contribution in [0.5, 0.6) is 0 Å². The topological polar surface area (TPSA) is 91.8 Å². The second-order valence-corrected chi connectivity index (χ2v) is 6.75. The molecule has 0 aliphatic heterocycles. The minimum Gasteiger partial charge on any atom is -0.425 e. The van der Waals surface area contributed by atoms with Gasteiger partial charge in [-0.2, -0.15) is 14.0 Å². The summed E-state index contributed by atoms with van der Waals surface area (Å²) in [6.07, 6.45) is 1.09. The van der Waals surface area contributed by atoms with Gasteiger partial charge in [0.1, 0.15) is 0 Å². The highest BCUT2D eigenvalue weighted by Gasteiger charge is 2.23. The number of carbonyl (C=O) groups excluding carboxylic acids is 1. The summed E-state index contributed by atoms with van der Waals surface area (Å²) < 4.78 is 31.1. The van der Waals surface area contributed by atoms with Crippen LogP contribution in [-0.4, -0.2) is 16.6 Å². The summed E-state index contributed by atoms with van der Waals surface area (Å²) >= 11 is 0. The van der Waals surface area contributed by atoms with Crippen LogP contribution in [0, 0.1) is 18.3 Å². The summed E-state index contributed by atoms with van der Waals surface area (Å²) in [5.41, 5.74) is -0.527. The maximum absolute atomic E-state index is 12.9. The van der Waals surface area contributed by atoms with Crippen LogP contribution in [0.15, 0.2) is 52.9 Å². The predicted molar refractivity (Wildman–Crippen MR) is 106 cm³/mol. The number of aryl methyl sites for hydroxylation is 1. The largest absolute Gasteiger partial charge is 0.425 e. The zero-order chi connectivity index (χ0) is 21.3. The molecule has 6 nitrogen and oxygen atoms in total. The van der Waals surface area contributed by atoms with E-state index >= 15 is 0 Å². The molecule has 3 aromatic rings. The molecule has 3 rings (SSSR count). The van der Waals surface area contributed by atoms with Crippen LogP contribution in [0.1, 0.15) is 34.0 Å². The fraction of sp³-hybridized carbons (Fsp3) is 0.200. The van der Waals surface area contributed by atoms with Crippen molar-refractivity contribution in [2.45, 2.75) is 25.6 Å². The SMILES string of the molecule is Cc1nnc(Cc2ccc(C(F)(F)P)cc2)o1.N#Cc1cccc(CNC=O)c1. The average Bonchev–Trinajstić information content (AvgIpc) is 3.11. The highest BCUT2D eigenvalue weighted by atomic mass is 31.0. The van der Waals surface area contributed by atoms with E-state index in [9.17, 15) is 13.6 Å². The number of benzene rings is 2. The van der Waals surface area contributed by atoms with Crippen molar-refractivity contribution in [3.8, 4) is 6.07 Å². The molecule has 0 radical (unpaired) electrons. The second kappa shape index (κ2) is 10.4. The number of aromatic nitrogens is 2. The molecule has 1 unspecified atom stereocenters. The standard InChI is InChI=1S/C11H11F2N2OP.C9H8N2O/c1-7-14-15-10(16-7)6-8-2-4-9(5-3-8)11(12,13)17;10-5-8-2-1-3-9(4-8)6-11-7-12/h2-5H,6,17H2,1H3;1-4,7H,6H2,(H,11,12). The van der Waals surface area contributed by atoms with Crippen molar-refractivity contribution in [3.05, 3.63) is 82.6 Å². The lowest BCUT2D eigenvalue weighted by Gasteiger charge is -2.10. The van der Waals surface area contributed by atoms with Gasteiger partial charge in [-0.05, 0) is 23.3 Å². The molecule has 1 heterocycles. The second-order valence-electron chi connectivity index (χ2n) is 6.02. The van der Waals surface area contributed by atoms with E-state index in [0.717, 1.165) is 11.1 Å². The van der Waals surface area contributed by atoms with E-state index in [2.05, 4.69) is 15.5 Å². The van der Waals surface area contributed by atoms with Crippen LogP contribution in [-0.2, 0) is 23.4 Å². The van der Waals surface area contributed by atoms with Gasteiger partial charge in [-0.1, -0.05) is 45.6 Å². The number of halogens is 2. The number of alkyl halides is 2. The van der Waals surface area contributed by atoms with E-state index < -0.39 is 5.66 Å². The van der Waals surface area contributed by atoms with Crippen molar-refractivity contribution in [1.82, 2.24) is 15.5 Å². The number of amides is 1. The van der Waals surface area contributed by atoms with Gasteiger partial charge in [0.25, 0.3) is 5.66 Å². The number of hydrogen-bond donors (Lipinski definition) is 1. The van der Waals surface area contributed by atoms with E-state index in [-0.39, 0.29) is 5.56 Å². The number of nitriles is 1. The van der Waals surface area contributed by atoms with Crippen molar-refractivity contribution in [3.63, 3.8) is 0 Å². The molecule has 150 valence electrons. The number of rotatable bonds is 6. The van der Waals surface area contributed by atoms with Crippen molar-refractivity contribution in [2.24, 2.45) is 0 Å². The third-order valence-corrected chi connectivity index (χ3v) is 4.04. The number of hydrogen-bond acceptors (Lipinski definition) is 5. The molecule has 9 heteroatoms. The van der Waals surface area contributed by atoms with Crippen molar-refractivity contribution in [2.75, 3.05) is 0 Å². The van der Waals surface area contributed by atoms with Crippen molar-refractivity contribution >= 4 is 15.6 Å². The third-order valence-electron chi connectivity index (χ3n) is 3.71. The first-order valence-electron chi connectivity index (χ1n) is 8.53. The Morgan fingerprint density at radius 1 is 1.21 bits per heavy atom. The van der Waals surface area contributed by atoms with Gasteiger partial charge in [0, 0.05) is 19.0 Å². The van der Waals surface area contributed by atoms with Crippen LogP contribution in [0.4, 0.5) is 8.78 Å². The van der Waals surface area contributed by atoms with Crippen LogP contribution in [0.25, 0.3) is 0 Å². The van der Waals surface area contributed by atoms with E-state index in [1.165, 1.54) is 21.4 Å². The normalized spacial score (nSPS) is 10.4. The quantitative estimate of drug-likeness (QED) is 0.489. The number of nitrogens with one attached hydrogen (secondary N) is 1. The minimum atomic E-state index is -2.89. The van der Waals surface area contributed by atoms with Gasteiger partial charge >= 0.3 is 0 Å². The third kappa shape index (κ3) is 7.40. The molecule has 0 fully saturated rings. The highest BCUT2D eigenvalue weighted by Crippen LogP contribution is 2.34. The lowest BCUT2D eigenvalue weighted by Crippen LogP contribution is -2.09. The first-order chi connectivity index (χ1) is 13.8. The zero-order valence-corrected chi connectivity index (χ0v) is 16.8. The fourth-order valence-corrected chi connectivity index (χ4v) is 2.53. The van der Waals surface area contributed by atoms with E-state index in [1.54, 1.807) is 37.3 Å². The Morgan fingerprint density at radius 3 is 2.48 bits per heavy atom. The minimum absolute atomic E-state index is 0.0343. The lowest BCUT2D eigenvalue weighted by molar-refractivity contribution is -0.109. The molecule has 1 aromatic heterocycles. The van der Waals surface area contributed by atoms with Gasteiger partial charge in [-0.25, -0.2) is 0 Å². The van der Waals surface area contributed by atoms with Gasteiger partial charge in [0.2, 0.25) is 18.2 Å². The van der Waals surface area contributed by atoms with Crippen molar-refractivity contribution < 1.29 is 18.0 Å². The van der Waals surface area contributed by atoms with Gasteiger partial charge in [-0.3, -0.25) is 4.79 Å². The summed E-state index contributed by atoms with van der Waals surface area (Å²) in [7, 11) is 1.51. The van der Waals surface area contributed by atoms with Crippen LogP contribution in [0.3, 0.4) is 0 Å². The molecule has 1 atom stereocenters. The first kappa shape index (κ1) is 22.1. The first-order valence-corrected chi connectivity index (χ1v) is 9.10. The Kier molecular flexibility index (Phi) is 7.93. The molecule has 0 aliphatic carbocycles. The van der Waals surface area contributed by atoms with E-state index in [4.69, 9.17) is 9.68 Å². The number of carbonyl (C=O) groups is 1. The molecule has 29 heavy (non-hydrogen) atoms. The number of nitrogens with zero attached hydrogens (tertiary/aromatic N) is 3. The molecule has 0 spiro atoms. The van der Waals surface area contributed by atoms with Gasteiger partial charge in [-0.15, -0.1) is 10.2 Å². The van der Waals surface area contributed by atoms with Gasteiger partial charge in [0.15, 0.2) is 0 Å². The summed E-state index contributed by atoms with van der Waals surface area (Å²) in [6.45, 7) is 2.17. The predicted octanol–water partition coefficient (Wildman–Crippen LogP) is 3.70. The van der Waals surface area contributed by atoms with Gasteiger partial charge < -0.3 is 9.73 Å². The molecule has 2 aromatic carbocycles. The summed E-state index contributed by atoms with van der Waals surface area (Å²) in [4.78, 5) is 9.96. The molecule has 1 amide bonds. The Morgan fingerprint density at radius 2 is 1.93 bits per heavy atom. The molecule has 1 N–H and O–H groups in total. The highest BCUT2D eigenvalue weighted by molar-refractivity contribution is 7.17. The Labute approximate surface area is 169 Å². The summed E-state index contributed by atoms with van der Waals surface area (Å²) in [5, 5.41) is 18.6. The summed E-state index contributed by atoms with van der Waals surface area (Å²) in [6, 6.07) is 15.2. The molecule has 0 saturated heterocycles. The Balaban J connectivity index is 0.000000221. The van der Waals surface area contributed by atoms with Crippen molar-refractivity contribution in [1.29, 1.82) is 5.26 Å². The average molecular weight is 416 g/mol. The molecule has 0 saturated carbocycles. The Hall–Kier alpha value is -3.17. The zero-order valence-electron chi connectivity index (χ0n) is 15.6. The molecule has 0 aliphatic rings. The molecular formula is C20H19F2N4O2P. The smallest absolute Gasteiger partial charge is 0.283 e. The maximum Gasteiger partial charge on any atom is 0.283 e. The van der Waals surface area contributed by atoms with E-state index in [1.807, 2.05) is 12.1 Å². The van der Waals surface area contributed by atoms with Crippen LogP contribution >= 0.6 is 9.24 Å². The van der Waals surface area contributed by atoms with Gasteiger partial charge in [0.05, 0.1) is 18.1 Å². The monoisotopic (exact) mass is 416 g/mol. The Bertz CT molecular complexity index is 979. The van der Waals surface area contributed by atoms with Crippen LogP contribution in [0.2, 0.25) is 0 Å². The molecule has 0 bridgehead atoms. The lowest BCUT2D eigenvalue weighted by atomic mass is 10.1. The van der Waals surface area contributed by atoms with E-state index in [0.29, 0.717) is 36.7 Å². The summed E-state index contributed by atoms with van der Waals surface area (Å²) in [5.74, 6) is 0.973. The maximum atomic E-state index is 12.9. The van der Waals surface area contributed by atoms with Crippen LogP contribution < -0.4 is 5.32 Å².